The lowest BCUT2D eigenvalue weighted by molar-refractivity contribution is 0.414. The summed E-state index contributed by atoms with van der Waals surface area (Å²) >= 11 is 0. The maximum absolute atomic E-state index is 5.42. The zero-order chi connectivity index (χ0) is 22.2. The molecule has 6 rings (SSSR count). The van der Waals surface area contributed by atoms with Crippen LogP contribution in [0.1, 0.15) is 35.1 Å². The van der Waals surface area contributed by atoms with Crippen molar-refractivity contribution in [3.63, 3.8) is 0 Å². The Kier molecular flexibility index (Phi) is 4.80. The minimum absolute atomic E-state index is 0.0272. The van der Waals surface area contributed by atoms with Crippen molar-refractivity contribution in [2.75, 3.05) is 12.4 Å². The molecule has 0 amide bonds. The topological polar surface area (TPSA) is 52.0 Å². The first-order valence-corrected chi connectivity index (χ1v) is 11.2. The highest BCUT2D eigenvalue weighted by atomic mass is 16.5. The van der Waals surface area contributed by atoms with Gasteiger partial charge in [0.05, 0.1) is 7.11 Å². The van der Waals surface area contributed by atoms with Crippen molar-refractivity contribution in [2.45, 2.75) is 18.4 Å². The zero-order valence-corrected chi connectivity index (χ0v) is 18.3. The first kappa shape index (κ1) is 19.6. The number of benzene rings is 3. The fourth-order valence-corrected chi connectivity index (χ4v) is 5.00. The number of allylic oxidation sites excluding steroid dienone is 3. The predicted octanol–water partition coefficient (Wildman–Crippen LogP) is 5.83. The molecule has 5 heteroatoms. The molecular formula is C28H24N4O. The van der Waals surface area contributed by atoms with Crippen molar-refractivity contribution in [3.8, 4) is 5.75 Å². The summed E-state index contributed by atoms with van der Waals surface area (Å²) in [5.41, 5.74) is 7.43. The summed E-state index contributed by atoms with van der Waals surface area (Å²) in [6.45, 7) is 0. The molecule has 0 spiro atoms. The number of hydrogen-bond acceptors (Lipinski definition) is 4. The molecule has 1 aliphatic carbocycles. The normalized spacial score (nSPS) is 19.2. The van der Waals surface area contributed by atoms with Crippen molar-refractivity contribution >= 4 is 11.5 Å². The Balaban J connectivity index is 1.56. The van der Waals surface area contributed by atoms with Gasteiger partial charge in [0.1, 0.15) is 18.1 Å². The molecule has 33 heavy (non-hydrogen) atoms. The molecule has 0 unspecified atom stereocenters. The summed E-state index contributed by atoms with van der Waals surface area (Å²) in [4.78, 5) is 4.50. The summed E-state index contributed by atoms with van der Waals surface area (Å²) in [6, 6.07) is 29.6. The number of ether oxygens (including phenoxy) is 1. The number of aromatic nitrogens is 3. The van der Waals surface area contributed by atoms with Crippen LogP contribution >= 0.6 is 0 Å². The van der Waals surface area contributed by atoms with Crippen LogP contribution < -0.4 is 10.1 Å². The van der Waals surface area contributed by atoms with Gasteiger partial charge in [-0.3, -0.25) is 0 Å². The first-order chi connectivity index (χ1) is 16.3. The standard InChI is InChI=1S/C28H24N4O/c1-33-23-14-12-20(13-15-23)24-16-22(19-8-4-2-5-9-19)17-25-26(24)27(21-10-6-3-7-11-21)32-28(31-25)29-18-30-32/h2-15,17-18,24,27H,16H2,1H3,(H,29,30,31)/t24-,27-/m1/s1. The van der Waals surface area contributed by atoms with E-state index in [9.17, 15) is 0 Å². The monoisotopic (exact) mass is 432 g/mol. The van der Waals surface area contributed by atoms with Crippen molar-refractivity contribution in [1.29, 1.82) is 0 Å². The van der Waals surface area contributed by atoms with E-state index in [1.807, 2.05) is 16.8 Å². The summed E-state index contributed by atoms with van der Waals surface area (Å²) in [6.07, 6.45) is 4.82. The van der Waals surface area contributed by atoms with Crippen LogP contribution in [0.3, 0.4) is 0 Å². The Morgan fingerprint density at radius 2 is 1.61 bits per heavy atom. The molecule has 162 valence electrons. The van der Waals surface area contributed by atoms with Crippen molar-refractivity contribution in [3.05, 3.63) is 125 Å². The van der Waals surface area contributed by atoms with Gasteiger partial charge < -0.3 is 10.1 Å². The molecule has 0 radical (unpaired) electrons. The first-order valence-electron chi connectivity index (χ1n) is 11.2. The van der Waals surface area contributed by atoms with Gasteiger partial charge in [0.2, 0.25) is 5.95 Å². The highest BCUT2D eigenvalue weighted by molar-refractivity contribution is 5.75. The van der Waals surface area contributed by atoms with Gasteiger partial charge in [0, 0.05) is 11.6 Å². The number of fused-ring (bicyclic) bond motifs is 1. The van der Waals surface area contributed by atoms with E-state index in [2.05, 4.69) is 94.3 Å². The highest BCUT2D eigenvalue weighted by Crippen LogP contribution is 2.49. The van der Waals surface area contributed by atoms with Crippen LogP contribution in [0.5, 0.6) is 5.75 Å². The summed E-state index contributed by atoms with van der Waals surface area (Å²) in [7, 11) is 1.70. The Morgan fingerprint density at radius 3 is 2.33 bits per heavy atom. The van der Waals surface area contributed by atoms with Crippen LogP contribution in [0.25, 0.3) is 5.57 Å². The lowest BCUT2D eigenvalue weighted by Crippen LogP contribution is -2.30. The van der Waals surface area contributed by atoms with Crippen molar-refractivity contribution in [2.24, 2.45) is 0 Å². The SMILES string of the molecule is COc1ccc([C@H]2CC(c3ccccc3)=CC3=C2[C@@H](c2ccccc2)n2ncnc2N3)cc1. The van der Waals surface area contributed by atoms with E-state index in [-0.39, 0.29) is 12.0 Å². The zero-order valence-electron chi connectivity index (χ0n) is 18.3. The van der Waals surface area contributed by atoms with Gasteiger partial charge in [-0.15, -0.1) is 0 Å². The van der Waals surface area contributed by atoms with Gasteiger partial charge in [-0.2, -0.15) is 10.1 Å². The van der Waals surface area contributed by atoms with Gasteiger partial charge in [-0.1, -0.05) is 72.8 Å². The molecule has 1 aliphatic heterocycles. The number of rotatable bonds is 4. The molecule has 0 bridgehead atoms. The van der Waals surface area contributed by atoms with E-state index < -0.39 is 0 Å². The Labute approximate surface area is 193 Å². The van der Waals surface area contributed by atoms with Crippen LogP contribution in [0.15, 0.2) is 109 Å². The molecule has 1 aromatic heterocycles. The molecule has 0 fully saturated rings. The van der Waals surface area contributed by atoms with Crippen LogP contribution in [-0.4, -0.2) is 21.9 Å². The highest BCUT2D eigenvalue weighted by Gasteiger charge is 2.37. The molecular weight excluding hydrogens is 408 g/mol. The molecule has 2 heterocycles. The third-order valence-electron chi connectivity index (χ3n) is 6.57. The average molecular weight is 433 g/mol. The third-order valence-corrected chi connectivity index (χ3v) is 6.57. The van der Waals surface area contributed by atoms with Crippen LogP contribution in [0, 0.1) is 0 Å². The quantitative estimate of drug-likeness (QED) is 0.441. The lowest BCUT2D eigenvalue weighted by atomic mass is 9.74. The summed E-state index contributed by atoms with van der Waals surface area (Å²) in [5.74, 6) is 1.81. The number of anilines is 1. The van der Waals surface area contributed by atoms with Gasteiger partial charge >= 0.3 is 0 Å². The molecule has 1 N–H and O–H groups in total. The third kappa shape index (κ3) is 3.42. The average Bonchev–Trinajstić information content (AvgIpc) is 3.36. The Bertz CT molecular complexity index is 1340. The molecule has 3 aromatic carbocycles. The molecule has 4 aromatic rings. The number of nitrogens with zero attached hydrogens (tertiary/aromatic N) is 3. The summed E-state index contributed by atoms with van der Waals surface area (Å²) in [5, 5.41) is 8.18. The van der Waals surface area contributed by atoms with Crippen molar-refractivity contribution < 1.29 is 4.74 Å². The minimum atomic E-state index is -0.0272. The lowest BCUT2D eigenvalue weighted by Gasteiger charge is -2.37. The fourth-order valence-electron chi connectivity index (χ4n) is 5.00. The Morgan fingerprint density at radius 1 is 0.879 bits per heavy atom. The summed E-state index contributed by atoms with van der Waals surface area (Å²) < 4.78 is 7.43. The predicted molar refractivity (Wildman–Crippen MR) is 130 cm³/mol. The minimum Gasteiger partial charge on any atom is -0.497 e. The largest absolute Gasteiger partial charge is 0.497 e. The second kappa shape index (κ2) is 8.10. The second-order valence-corrected chi connectivity index (χ2v) is 8.40. The molecule has 0 saturated heterocycles. The second-order valence-electron chi connectivity index (χ2n) is 8.40. The molecule has 5 nitrogen and oxygen atoms in total. The maximum Gasteiger partial charge on any atom is 0.226 e. The Hall–Kier alpha value is -4.12. The molecule has 0 saturated carbocycles. The number of nitrogens with one attached hydrogen (secondary N) is 1. The van der Waals surface area contributed by atoms with E-state index in [4.69, 9.17) is 4.74 Å². The van der Waals surface area contributed by atoms with E-state index in [0.29, 0.717) is 0 Å². The van der Waals surface area contributed by atoms with Crippen LogP contribution in [0.4, 0.5) is 5.95 Å². The smallest absolute Gasteiger partial charge is 0.226 e. The van der Waals surface area contributed by atoms with Gasteiger partial charge in [-0.05, 0) is 52.5 Å². The van der Waals surface area contributed by atoms with E-state index in [1.165, 1.54) is 27.8 Å². The fraction of sp³-hybridized carbons (Fsp3) is 0.143. The van der Waals surface area contributed by atoms with E-state index >= 15 is 0 Å². The van der Waals surface area contributed by atoms with Crippen LogP contribution in [0.2, 0.25) is 0 Å². The molecule has 2 aliphatic rings. The maximum atomic E-state index is 5.42. The number of methoxy groups -OCH3 is 1. The van der Waals surface area contributed by atoms with Gasteiger partial charge in [0.25, 0.3) is 0 Å². The number of hydrogen-bond donors (Lipinski definition) is 1. The van der Waals surface area contributed by atoms with Crippen molar-refractivity contribution in [1.82, 2.24) is 14.8 Å². The van der Waals surface area contributed by atoms with Gasteiger partial charge in [0.15, 0.2) is 0 Å². The van der Waals surface area contributed by atoms with Gasteiger partial charge in [-0.25, -0.2) is 4.68 Å². The van der Waals surface area contributed by atoms with E-state index in [1.54, 1.807) is 13.4 Å². The molecule has 2 atom stereocenters. The van der Waals surface area contributed by atoms with E-state index in [0.717, 1.165) is 23.8 Å². The van der Waals surface area contributed by atoms with Crippen LogP contribution in [-0.2, 0) is 0 Å².